The van der Waals surface area contributed by atoms with Crippen LogP contribution >= 0.6 is 15.9 Å². The highest BCUT2D eigenvalue weighted by Crippen LogP contribution is 2.28. The maximum atomic E-state index is 4.26. The van der Waals surface area contributed by atoms with Crippen LogP contribution in [0.4, 0.5) is 11.5 Å². The number of aryl methyl sites for hydroxylation is 2. The van der Waals surface area contributed by atoms with Crippen LogP contribution in [0.25, 0.3) is 0 Å². The molecule has 94 valence electrons. The predicted octanol–water partition coefficient (Wildman–Crippen LogP) is 4.11. The van der Waals surface area contributed by atoms with Crippen molar-refractivity contribution in [2.75, 3.05) is 5.32 Å². The molecule has 0 atom stereocenters. The van der Waals surface area contributed by atoms with Crippen molar-refractivity contribution in [2.24, 2.45) is 0 Å². The van der Waals surface area contributed by atoms with Gasteiger partial charge in [0.2, 0.25) is 0 Å². The summed E-state index contributed by atoms with van der Waals surface area (Å²) in [5.74, 6) is 0.806. The van der Waals surface area contributed by atoms with Crippen molar-refractivity contribution in [1.29, 1.82) is 0 Å². The normalized spacial score (nSPS) is 10.4. The molecule has 0 aliphatic carbocycles. The van der Waals surface area contributed by atoms with Gasteiger partial charge in [-0.25, -0.2) is 9.97 Å². The fourth-order valence-corrected chi connectivity index (χ4v) is 2.25. The number of anilines is 2. The quantitative estimate of drug-likeness (QED) is 0.924. The third-order valence-corrected chi connectivity index (χ3v) is 3.49. The zero-order chi connectivity index (χ0) is 13.0. The number of para-hydroxylation sites is 1. The highest BCUT2D eigenvalue weighted by atomic mass is 79.9. The molecule has 1 aromatic carbocycles. The summed E-state index contributed by atoms with van der Waals surface area (Å²) in [6, 6.07) is 6.41. The van der Waals surface area contributed by atoms with Crippen LogP contribution in [0, 0.1) is 0 Å². The van der Waals surface area contributed by atoms with Gasteiger partial charge in [0.25, 0.3) is 0 Å². The van der Waals surface area contributed by atoms with Crippen molar-refractivity contribution in [2.45, 2.75) is 26.7 Å². The van der Waals surface area contributed by atoms with Crippen molar-refractivity contribution in [3.63, 3.8) is 0 Å². The van der Waals surface area contributed by atoms with Crippen molar-refractivity contribution in [3.05, 3.63) is 46.3 Å². The number of hydrogen-bond acceptors (Lipinski definition) is 3. The summed E-state index contributed by atoms with van der Waals surface area (Å²) in [5, 5.41) is 3.41. The van der Waals surface area contributed by atoms with Gasteiger partial charge in [-0.3, -0.25) is 0 Å². The summed E-state index contributed by atoms with van der Waals surface area (Å²) < 4.78 is 0.873. The lowest BCUT2D eigenvalue weighted by atomic mass is 10.0. The van der Waals surface area contributed by atoms with Gasteiger partial charge in [-0.2, -0.15) is 0 Å². The van der Waals surface area contributed by atoms with E-state index < -0.39 is 0 Å². The van der Waals surface area contributed by atoms with E-state index >= 15 is 0 Å². The second kappa shape index (κ2) is 5.96. The zero-order valence-corrected chi connectivity index (χ0v) is 12.2. The molecule has 1 heterocycles. The Kier molecular flexibility index (Phi) is 4.31. The first kappa shape index (κ1) is 13.0. The summed E-state index contributed by atoms with van der Waals surface area (Å²) in [5.41, 5.74) is 3.78. The monoisotopic (exact) mass is 305 g/mol. The van der Waals surface area contributed by atoms with Crippen LogP contribution in [0.2, 0.25) is 0 Å². The maximum Gasteiger partial charge on any atom is 0.148 e. The van der Waals surface area contributed by atoms with E-state index in [0.29, 0.717) is 0 Å². The van der Waals surface area contributed by atoms with Gasteiger partial charge in [-0.05, 0) is 39.9 Å². The number of benzene rings is 1. The molecule has 0 radical (unpaired) electrons. The number of rotatable bonds is 4. The average Bonchev–Trinajstić information content (AvgIpc) is 2.41. The summed E-state index contributed by atoms with van der Waals surface area (Å²) in [6.45, 7) is 4.32. The fourth-order valence-electron chi connectivity index (χ4n) is 1.93. The number of aromatic nitrogens is 2. The molecule has 3 nitrogen and oxygen atoms in total. The Labute approximate surface area is 116 Å². The Morgan fingerprint density at radius 1 is 1.17 bits per heavy atom. The van der Waals surface area contributed by atoms with Crippen LogP contribution in [-0.4, -0.2) is 9.97 Å². The maximum absolute atomic E-state index is 4.26. The van der Waals surface area contributed by atoms with E-state index in [4.69, 9.17) is 0 Å². The van der Waals surface area contributed by atoms with Gasteiger partial charge in [0.1, 0.15) is 12.1 Å². The predicted molar refractivity (Wildman–Crippen MR) is 78.2 cm³/mol. The van der Waals surface area contributed by atoms with E-state index in [1.54, 1.807) is 12.5 Å². The van der Waals surface area contributed by atoms with Crippen molar-refractivity contribution >= 4 is 27.4 Å². The van der Waals surface area contributed by atoms with Gasteiger partial charge in [-0.1, -0.05) is 32.0 Å². The van der Waals surface area contributed by atoms with Crippen LogP contribution in [-0.2, 0) is 12.8 Å². The molecule has 0 saturated carbocycles. The number of halogens is 1. The molecule has 18 heavy (non-hydrogen) atoms. The number of nitrogens with one attached hydrogen (secondary N) is 1. The summed E-state index contributed by atoms with van der Waals surface area (Å²) >= 11 is 3.46. The van der Waals surface area contributed by atoms with Crippen LogP contribution in [0.1, 0.15) is 25.0 Å². The number of nitrogens with zero attached hydrogens (tertiary/aromatic N) is 2. The van der Waals surface area contributed by atoms with Gasteiger partial charge in [0.05, 0.1) is 4.47 Å². The van der Waals surface area contributed by atoms with Gasteiger partial charge in [0, 0.05) is 11.9 Å². The Hall–Kier alpha value is -1.42. The molecule has 0 aliphatic rings. The summed E-state index contributed by atoms with van der Waals surface area (Å²) in [7, 11) is 0. The second-order valence-corrected chi connectivity index (χ2v) is 4.86. The first-order valence-corrected chi connectivity index (χ1v) is 6.88. The van der Waals surface area contributed by atoms with E-state index in [-0.39, 0.29) is 0 Å². The molecule has 1 N–H and O–H groups in total. The van der Waals surface area contributed by atoms with Crippen LogP contribution < -0.4 is 5.32 Å². The minimum Gasteiger partial charge on any atom is -0.339 e. The van der Waals surface area contributed by atoms with Gasteiger partial charge in [0.15, 0.2) is 0 Å². The molecule has 0 amide bonds. The molecule has 2 aromatic rings. The molecule has 0 bridgehead atoms. The first-order valence-electron chi connectivity index (χ1n) is 6.09. The minimum absolute atomic E-state index is 0.806. The average molecular weight is 306 g/mol. The molecule has 1 aromatic heterocycles. The molecule has 0 unspecified atom stereocenters. The third kappa shape index (κ3) is 2.70. The van der Waals surface area contributed by atoms with E-state index in [0.717, 1.165) is 23.1 Å². The summed E-state index contributed by atoms with van der Waals surface area (Å²) in [6.07, 6.45) is 5.29. The molecule has 2 rings (SSSR count). The Morgan fingerprint density at radius 3 is 2.39 bits per heavy atom. The Balaban J connectivity index is 2.42. The van der Waals surface area contributed by atoms with Crippen molar-refractivity contribution in [3.8, 4) is 0 Å². The second-order valence-electron chi connectivity index (χ2n) is 4.00. The third-order valence-electron chi connectivity index (χ3n) is 2.91. The topological polar surface area (TPSA) is 37.8 Å². The zero-order valence-electron chi connectivity index (χ0n) is 10.6. The Morgan fingerprint density at radius 2 is 1.83 bits per heavy atom. The van der Waals surface area contributed by atoms with Gasteiger partial charge in [-0.15, -0.1) is 0 Å². The highest BCUT2D eigenvalue weighted by Gasteiger charge is 2.08. The molecule has 0 spiro atoms. The highest BCUT2D eigenvalue weighted by molar-refractivity contribution is 9.10. The smallest absolute Gasteiger partial charge is 0.148 e. The molecule has 4 heteroatoms. The summed E-state index contributed by atoms with van der Waals surface area (Å²) in [4.78, 5) is 8.23. The van der Waals surface area contributed by atoms with E-state index in [1.165, 1.54) is 16.8 Å². The SMILES string of the molecule is CCc1cccc(CC)c1Nc1ncncc1Br. The number of hydrogen-bond donors (Lipinski definition) is 1. The van der Waals surface area contributed by atoms with Gasteiger partial charge >= 0.3 is 0 Å². The van der Waals surface area contributed by atoms with Crippen LogP contribution in [0.15, 0.2) is 35.2 Å². The van der Waals surface area contributed by atoms with Crippen LogP contribution in [0.3, 0.4) is 0 Å². The standard InChI is InChI=1S/C14H16BrN3/c1-3-10-6-5-7-11(4-2)13(10)18-14-12(15)8-16-9-17-14/h5-9H,3-4H2,1-2H3,(H,16,17,18). The molecule has 0 saturated heterocycles. The first-order chi connectivity index (χ1) is 8.76. The van der Waals surface area contributed by atoms with E-state index in [2.05, 4.69) is 63.3 Å². The lowest BCUT2D eigenvalue weighted by molar-refractivity contribution is 1.08. The molecule has 0 aliphatic heterocycles. The largest absolute Gasteiger partial charge is 0.339 e. The fraction of sp³-hybridized carbons (Fsp3) is 0.286. The minimum atomic E-state index is 0.806. The van der Waals surface area contributed by atoms with E-state index in [1.807, 2.05) is 0 Å². The van der Waals surface area contributed by atoms with E-state index in [9.17, 15) is 0 Å². The lowest BCUT2D eigenvalue weighted by Crippen LogP contribution is -2.02. The Bertz CT molecular complexity index is 518. The van der Waals surface area contributed by atoms with Crippen molar-refractivity contribution in [1.82, 2.24) is 9.97 Å². The van der Waals surface area contributed by atoms with Gasteiger partial charge < -0.3 is 5.32 Å². The molecular weight excluding hydrogens is 290 g/mol. The van der Waals surface area contributed by atoms with Crippen LogP contribution in [0.5, 0.6) is 0 Å². The lowest BCUT2D eigenvalue weighted by Gasteiger charge is -2.15. The van der Waals surface area contributed by atoms with Crippen molar-refractivity contribution < 1.29 is 0 Å². The molecule has 0 fully saturated rings. The molecular formula is C14H16BrN3.